The molecule has 0 aliphatic rings. The van der Waals surface area contributed by atoms with Gasteiger partial charge in [-0.15, -0.1) is 0 Å². The van der Waals surface area contributed by atoms with E-state index in [9.17, 15) is 9.90 Å². The maximum atomic E-state index is 11.6. The lowest BCUT2D eigenvalue weighted by Gasteiger charge is -2.30. The molecule has 4 nitrogen and oxygen atoms in total. The summed E-state index contributed by atoms with van der Waals surface area (Å²) < 4.78 is 5.16. The van der Waals surface area contributed by atoms with Gasteiger partial charge >= 0.3 is 5.97 Å². The Morgan fingerprint density at radius 2 is 2.16 bits per heavy atom. The van der Waals surface area contributed by atoms with Crippen LogP contribution in [0.25, 0.3) is 0 Å². The maximum absolute atomic E-state index is 11.6. The number of carboxylic acid groups (broad SMARTS) is 1. The molecule has 0 bridgehead atoms. The standard InChI is InChI=1S/C15H23NO3/c1-4-6-10-15(5-2,14(17)18)16-12-8-7-9-13(11-12)19-3/h7-9,11,16H,4-6,10H2,1-3H3,(H,17,18). The number of ether oxygens (including phenoxy) is 1. The number of benzene rings is 1. The summed E-state index contributed by atoms with van der Waals surface area (Å²) in [5.74, 6) is -0.0813. The summed E-state index contributed by atoms with van der Waals surface area (Å²) in [6, 6.07) is 7.37. The van der Waals surface area contributed by atoms with Crippen LogP contribution in [0.5, 0.6) is 5.75 Å². The Kier molecular flexibility index (Phi) is 5.67. The number of carbonyl (C=O) groups is 1. The van der Waals surface area contributed by atoms with Crippen molar-refractivity contribution in [3.63, 3.8) is 0 Å². The van der Waals surface area contributed by atoms with Crippen molar-refractivity contribution in [2.75, 3.05) is 12.4 Å². The molecule has 1 unspecified atom stereocenters. The lowest BCUT2D eigenvalue weighted by Crippen LogP contribution is -2.45. The van der Waals surface area contributed by atoms with Crippen LogP contribution in [0.3, 0.4) is 0 Å². The summed E-state index contributed by atoms with van der Waals surface area (Å²) in [6.45, 7) is 3.96. The number of rotatable bonds is 8. The summed E-state index contributed by atoms with van der Waals surface area (Å²) in [6.07, 6.45) is 3.03. The third kappa shape index (κ3) is 3.88. The second-order valence-corrected chi connectivity index (χ2v) is 4.70. The van der Waals surface area contributed by atoms with Gasteiger partial charge in [0.05, 0.1) is 7.11 Å². The van der Waals surface area contributed by atoms with E-state index in [1.54, 1.807) is 7.11 Å². The number of aliphatic carboxylic acids is 1. The normalized spacial score (nSPS) is 13.6. The first kappa shape index (κ1) is 15.3. The molecule has 0 fully saturated rings. The molecule has 1 aromatic rings. The number of hydrogen-bond donors (Lipinski definition) is 2. The van der Waals surface area contributed by atoms with Gasteiger partial charge in [-0.2, -0.15) is 0 Å². The van der Waals surface area contributed by atoms with E-state index in [4.69, 9.17) is 4.74 Å². The summed E-state index contributed by atoms with van der Waals surface area (Å²) in [4.78, 5) is 11.6. The minimum atomic E-state index is -0.900. The summed E-state index contributed by atoms with van der Waals surface area (Å²) >= 11 is 0. The van der Waals surface area contributed by atoms with E-state index in [0.29, 0.717) is 12.8 Å². The van der Waals surface area contributed by atoms with Gasteiger partial charge in [0.2, 0.25) is 0 Å². The SMILES string of the molecule is CCCCC(CC)(Nc1cccc(OC)c1)C(=O)O. The molecule has 0 saturated carbocycles. The largest absolute Gasteiger partial charge is 0.497 e. The molecule has 106 valence electrons. The molecule has 0 amide bonds. The molecule has 1 atom stereocenters. The van der Waals surface area contributed by atoms with E-state index in [1.165, 1.54) is 0 Å². The van der Waals surface area contributed by atoms with Crippen molar-refractivity contribution < 1.29 is 14.6 Å². The third-order valence-electron chi connectivity index (χ3n) is 3.42. The van der Waals surface area contributed by atoms with Gasteiger partial charge in [-0.3, -0.25) is 0 Å². The first-order valence-corrected chi connectivity index (χ1v) is 6.73. The van der Waals surface area contributed by atoms with Crippen molar-refractivity contribution in [2.45, 2.75) is 45.1 Å². The Labute approximate surface area is 114 Å². The van der Waals surface area contributed by atoms with Gasteiger partial charge in [0.25, 0.3) is 0 Å². The zero-order valence-corrected chi connectivity index (χ0v) is 11.9. The average molecular weight is 265 g/mol. The Balaban J connectivity index is 2.95. The molecule has 0 radical (unpaired) electrons. The number of methoxy groups -OCH3 is 1. The molecule has 0 aliphatic heterocycles. The van der Waals surface area contributed by atoms with Gasteiger partial charge < -0.3 is 15.2 Å². The minimum absolute atomic E-state index is 0.541. The Morgan fingerprint density at radius 1 is 1.42 bits per heavy atom. The van der Waals surface area contributed by atoms with E-state index >= 15 is 0 Å². The van der Waals surface area contributed by atoms with E-state index in [1.807, 2.05) is 31.2 Å². The highest BCUT2D eigenvalue weighted by Crippen LogP contribution is 2.27. The highest BCUT2D eigenvalue weighted by atomic mass is 16.5. The highest BCUT2D eigenvalue weighted by Gasteiger charge is 2.35. The number of anilines is 1. The molecular formula is C15H23NO3. The molecule has 1 rings (SSSR count). The molecule has 1 aromatic carbocycles. The molecule has 0 spiro atoms. The van der Waals surface area contributed by atoms with Gasteiger partial charge in [0.1, 0.15) is 11.3 Å². The fraction of sp³-hybridized carbons (Fsp3) is 0.533. The maximum Gasteiger partial charge on any atom is 0.329 e. The topological polar surface area (TPSA) is 58.6 Å². The molecule has 0 aliphatic carbocycles. The zero-order valence-electron chi connectivity index (χ0n) is 11.9. The van der Waals surface area contributed by atoms with Crippen molar-refractivity contribution in [3.8, 4) is 5.75 Å². The van der Waals surface area contributed by atoms with Crippen LogP contribution in [0.2, 0.25) is 0 Å². The highest BCUT2D eigenvalue weighted by molar-refractivity contribution is 5.82. The van der Waals surface area contributed by atoms with Crippen LogP contribution in [0.1, 0.15) is 39.5 Å². The molecule has 0 heterocycles. The van der Waals surface area contributed by atoms with Crippen LogP contribution in [0.4, 0.5) is 5.69 Å². The quantitative estimate of drug-likeness (QED) is 0.755. The van der Waals surface area contributed by atoms with E-state index in [0.717, 1.165) is 24.3 Å². The van der Waals surface area contributed by atoms with E-state index < -0.39 is 11.5 Å². The van der Waals surface area contributed by atoms with Gasteiger partial charge in [-0.05, 0) is 25.0 Å². The van der Waals surface area contributed by atoms with Crippen LogP contribution in [-0.4, -0.2) is 23.7 Å². The Bertz CT molecular complexity index is 420. The van der Waals surface area contributed by atoms with Crippen LogP contribution in [0, 0.1) is 0 Å². The minimum Gasteiger partial charge on any atom is -0.497 e. The van der Waals surface area contributed by atoms with Gasteiger partial charge in [0.15, 0.2) is 0 Å². The first-order chi connectivity index (χ1) is 9.07. The van der Waals surface area contributed by atoms with Crippen molar-refractivity contribution in [1.82, 2.24) is 0 Å². The number of nitrogens with one attached hydrogen (secondary N) is 1. The van der Waals surface area contributed by atoms with Crippen LogP contribution in [-0.2, 0) is 4.79 Å². The second-order valence-electron chi connectivity index (χ2n) is 4.70. The van der Waals surface area contributed by atoms with Crippen LogP contribution >= 0.6 is 0 Å². The predicted octanol–water partition coefficient (Wildman–Crippen LogP) is 3.53. The van der Waals surface area contributed by atoms with Gasteiger partial charge in [0, 0.05) is 11.8 Å². The monoisotopic (exact) mass is 265 g/mol. The van der Waals surface area contributed by atoms with Crippen molar-refractivity contribution in [3.05, 3.63) is 24.3 Å². The lowest BCUT2D eigenvalue weighted by atomic mass is 9.89. The zero-order chi connectivity index (χ0) is 14.3. The number of unbranched alkanes of at least 4 members (excludes halogenated alkanes) is 1. The van der Waals surface area contributed by atoms with Crippen LogP contribution in [0.15, 0.2) is 24.3 Å². The lowest BCUT2D eigenvalue weighted by molar-refractivity contribution is -0.142. The molecule has 0 aromatic heterocycles. The first-order valence-electron chi connectivity index (χ1n) is 6.73. The van der Waals surface area contributed by atoms with Gasteiger partial charge in [-0.25, -0.2) is 4.79 Å². The molecular weight excluding hydrogens is 242 g/mol. The van der Waals surface area contributed by atoms with Crippen molar-refractivity contribution in [1.29, 1.82) is 0 Å². The summed E-state index contributed by atoms with van der Waals surface area (Å²) in [5.41, 5.74) is -0.123. The van der Waals surface area contributed by atoms with E-state index in [-0.39, 0.29) is 0 Å². The summed E-state index contributed by atoms with van der Waals surface area (Å²) in [5, 5.41) is 12.7. The van der Waals surface area contributed by atoms with Gasteiger partial charge in [-0.1, -0.05) is 32.8 Å². The second kappa shape index (κ2) is 7.02. The molecule has 4 heteroatoms. The fourth-order valence-electron chi connectivity index (χ4n) is 2.09. The average Bonchev–Trinajstić information content (AvgIpc) is 2.43. The fourth-order valence-corrected chi connectivity index (χ4v) is 2.09. The van der Waals surface area contributed by atoms with Crippen LogP contribution < -0.4 is 10.1 Å². The van der Waals surface area contributed by atoms with E-state index in [2.05, 4.69) is 12.2 Å². The smallest absolute Gasteiger partial charge is 0.329 e. The molecule has 19 heavy (non-hydrogen) atoms. The Hall–Kier alpha value is -1.71. The predicted molar refractivity (Wildman–Crippen MR) is 76.8 cm³/mol. The van der Waals surface area contributed by atoms with Crippen molar-refractivity contribution >= 4 is 11.7 Å². The summed E-state index contributed by atoms with van der Waals surface area (Å²) in [7, 11) is 1.60. The Morgan fingerprint density at radius 3 is 2.68 bits per heavy atom. The number of hydrogen-bond acceptors (Lipinski definition) is 3. The van der Waals surface area contributed by atoms with Crippen molar-refractivity contribution in [2.24, 2.45) is 0 Å². The molecule has 2 N–H and O–H groups in total. The number of carboxylic acids is 1. The third-order valence-corrected chi connectivity index (χ3v) is 3.42. The molecule has 0 saturated heterocycles.